The van der Waals surface area contributed by atoms with Crippen molar-refractivity contribution >= 4 is 17.4 Å². The van der Waals surface area contributed by atoms with E-state index >= 15 is 0 Å². The van der Waals surface area contributed by atoms with E-state index in [1.165, 1.54) is 17.0 Å². The van der Waals surface area contributed by atoms with Crippen LogP contribution in [0.3, 0.4) is 0 Å². The summed E-state index contributed by atoms with van der Waals surface area (Å²) in [6.45, 7) is 4.90. The van der Waals surface area contributed by atoms with Crippen molar-refractivity contribution < 1.29 is 0 Å². The van der Waals surface area contributed by atoms with Crippen LogP contribution in [0.1, 0.15) is 19.3 Å². The van der Waals surface area contributed by atoms with Gasteiger partial charge >= 0.3 is 0 Å². The lowest BCUT2D eigenvalue weighted by atomic mass is 10.1. The molecule has 1 heterocycles. The molecule has 0 spiro atoms. The molecule has 1 aliphatic heterocycles. The maximum absolute atomic E-state index is 5.66. The van der Waals surface area contributed by atoms with Crippen LogP contribution in [0.15, 0.2) is 41.4 Å². The van der Waals surface area contributed by atoms with Gasteiger partial charge < -0.3 is 10.6 Å². The predicted molar refractivity (Wildman–Crippen MR) is 76.5 cm³/mol. The molecule has 1 aromatic carbocycles. The molecule has 0 radical (unpaired) electrons. The van der Waals surface area contributed by atoms with E-state index < -0.39 is 0 Å². The molecule has 1 atom stereocenters. The Balaban J connectivity index is 2.09. The van der Waals surface area contributed by atoms with Gasteiger partial charge in [0.2, 0.25) is 0 Å². The molecule has 2 rings (SSSR count). The van der Waals surface area contributed by atoms with Crippen LogP contribution in [0, 0.1) is 0 Å². The maximum Gasteiger partial charge on any atom is 0.0501 e. The summed E-state index contributed by atoms with van der Waals surface area (Å²) in [5.74, 6) is 0. The van der Waals surface area contributed by atoms with Gasteiger partial charge in [0.1, 0.15) is 0 Å². The Morgan fingerprint density at radius 1 is 1.53 bits per heavy atom. The fourth-order valence-electron chi connectivity index (χ4n) is 2.12. The second-order valence-electron chi connectivity index (χ2n) is 4.61. The number of hydrogen-bond donors (Lipinski definition) is 1. The average Bonchev–Trinajstić information content (AvgIpc) is 2.47. The fourth-order valence-corrected chi connectivity index (χ4v) is 3.44. The van der Waals surface area contributed by atoms with Crippen LogP contribution in [0.2, 0.25) is 0 Å². The van der Waals surface area contributed by atoms with Crippen molar-refractivity contribution in [1.29, 1.82) is 0 Å². The molecular weight excluding hydrogens is 228 g/mol. The molecule has 1 aliphatic rings. The highest BCUT2D eigenvalue weighted by Crippen LogP contribution is 2.38. The second-order valence-corrected chi connectivity index (χ2v) is 5.96. The van der Waals surface area contributed by atoms with Crippen molar-refractivity contribution in [3.63, 3.8) is 0 Å². The van der Waals surface area contributed by atoms with Crippen molar-refractivity contribution in [2.45, 2.75) is 29.4 Å². The second kappa shape index (κ2) is 5.50. The Morgan fingerprint density at radius 3 is 3.06 bits per heavy atom. The van der Waals surface area contributed by atoms with Crippen LogP contribution in [0.5, 0.6) is 0 Å². The monoisotopic (exact) mass is 248 g/mol. The van der Waals surface area contributed by atoms with Crippen LogP contribution in [-0.2, 0) is 0 Å². The van der Waals surface area contributed by atoms with E-state index in [4.69, 9.17) is 5.73 Å². The van der Waals surface area contributed by atoms with E-state index in [0.717, 1.165) is 25.1 Å². The van der Waals surface area contributed by atoms with Crippen molar-refractivity contribution in [1.82, 2.24) is 0 Å². The SMILES string of the molecule is C=C(N)CCC1CCN(C)c2ccccc2S1. The van der Waals surface area contributed by atoms with Crippen molar-refractivity contribution in [2.75, 3.05) is 18.5 Å². The number of allylic oxidation sites excluding steroid dienone is 1. The first-order valence-electron chi connectivity index (χ1n) is 6.07. The van der Waals surface area contributed by atoms with Crippen LogP contribution < -0.4 is 10.6 Å². The van der Waals surface area contributed by atoms with Crippen LogP contribution in [0.25, 0.3) is 0 Å². The van der Waals surface area contributed by atoms with Gasteiger partial charge in [-0.3, -0.25) is 0 Å². The molecule has 2 N–H and O–H groups in total. The number of rotatable bonds is 3. The van der Waals surface area contributed by atoms with Crippen LogP contribution in [0.4, 0.5) is 5.69 Å². The van der Waals surface area contributed by atoms with Crippen molar-refractivity contribution in [2.24, 2.45) is 5.73 Å². The molecule has 92 valence electrons. The molecule has 0 fully saturated rings. The topological polar surface area (TPSA) is 29.3 Å². The number of nitrogens with two attached hydrogens (primary N) is 1. The summed E-state index contributed by atoms with van der Waals surface area (Å²) in [6.07, 6.45) is 3.27. The third-order valence-electron chi connectivity index (χ3n) is 3.14. The molecule has 0 aliphatic carbocycles. The highest BCUT2D eigenvalue weighted by Gasteiger charge is 2.19. The zero-order valence-electron chi connectivity index (χ0n) is 10.4. The minimum absolute atomic E-state index is 0.654. The maximum atomic E-state index is 5.66. The number of para-hydroxylation sites is 1. The van der Waals surface area contributed by atoms with E-state index in [9.17, 15) is 0 Å². The lowest BCUT2D eigenvalue weighted by Crippen LogP contribution is -2.19. The summed E-state index contributed by atoms with van der Waals surface area (Å²) in [4.78, 5) is 3.74. The number of hydrogen-bond acceptors (Lipinski definition) is 3. The molecule has 1 aromatic rings. The summed E-state index contributed by atoms with van der Waals surface area (Å²) >= 11 is 1.99. The van der Waals surface area contributed by atoms with E-state index in [0.29, 0.717) is 5.25 Å². The van der Waals surface area contributed by atoms with Crippen LogP contribution >= 0.6 is 11.8 Å². The highest BCUT2D eigenvalue weighted by atomic mass is 32.2. The Bertz CT molecular complexity index is 403. The minimum Gasteiger partial charge on any atom is -0.403 e. The number of thioether (sulfide) groups is 1. The standard InChI is InChI=1S/C14H20N2S/c1-11(15)7-8-12-9-10-16(2)13-5-3-4-6-14(13)17-12/h3-6,12H,1,7-10,15H2,2H3. The molecule has 17 heavy (non-hydrogen) atoms. The van der Waals surface area contributed by atoms with Gasteiger partial charge in [-0.05, 0) is 31.4 Å². The van der Waals surface area contributed by atoms with Gasteiger partial charge in [-0.1, -0.05) is 18.7 Å². The summed E-state index contributed by atoms with van der Waals surface area (Å²) in [7, 11) is 2.17. The van der Waals surface area contributed by atoms with Gasteiger partial charge in [-0.2, -0.15) is 0 Å². The third-order valence-corrected chi connectivity index (χ3v) is 4.55. The number of anilines is 1. The highest BCUT2D eigenvalue weighted by molar-refractivity contribution is 8.00. The zero-order chi connectivity index (χ0) is 12.3. The minimum atomic E-state index is 0.654. The van der Waals surface area contributed by atoms with Gasteiger partial charge in [0.15, 0.2) is 0 Å². The molecule has 0 saturated carbocycles. The first-order chi connectivity index (χ1) is 8.16. The van der Waals surface area contributed by atoms with E-state index in [1.54, 1.807) is 0 Å². The number of fused-ring (bicyclic) bond motifs is 1. The molecule has 2 nitrogen and oxygen atoms in total. The largest absolute Gasteiger partial charge is 0.403 e. The Morgan fingerprint density at radius 2 is 2.29 bits per heavy atom. The molecule has 0 aromatic heterocycles. The normalized spacial score (nSPS) is 19.6. The first-order valence-corrected chi connectivity index (χ1v) is 6.95. The lowest BCUT2D eigenvalue weighted by Gasteiger charge is -2.18. The number of benzene rings is 1. The fraction of sp³-hybridized carbons (Fsp3) is 0.429. The third kappa shape index (κ3) is 3.19. The first kappa shape index (κ1) is 12.4. The molecule has 1 unspecified atom stereocenters. The Kier molecular flexibility index (Phi) is 4.00. The lowest BCUT2D eigenvalue weighted by molar-refractivity contribution is 0.689. The molecular formula is C14H20N2S. The molecule has 0 saturated heterocycles. The van der Waals surface area contributed by atoms with Crippen molar-refractivity contribution in [3.05, 3.63) is 36.5 Å². The van der Waals surface area contributed by atoms with Gasteiger partial charge in [-0.25, -0.2) is 0 Å². The Hall–Kier alpha value is -1.09. The van der Waals surface area contributed by atoms with Gasteiger partial charge in [0, 0.05) is 29.4 Å². The zero-order valence-corrected chi connectivity index (χ0v) is 11.2. The summed E-state index contributed by atoms with van der Waals surface area (Å²) in [6, 6.07) is 8.64. The van der Waals surface area contributed by atoms with Gasteiger partial charge in [0.05, 0.1) is 5.69 Å². The molecule has 0 bridgehead atoms. The van der Waals surface area contributed by atoms with E-state index in [-0.39, 0.29) is 0 Å². The van der Waals surface area contributed by atoms with E-state index in [1.807, 2.05) is 11.8 Å². The number of nitrogens with zero attached hydrogens (tertiary/aromatic N) is 1. The van der Waals surface area contributed by atoms with E-state index in [2.05, 4.69) is 42.8 Å². The average molecular weight is 248 g/mol. The van der Waals surface area contributed by atoms with Crippen molar-refractivity contribution in [3.8, 4) is 0 Å². The van der Waals surface area contributed by atoms with Gasteiger partial charge in [0.25, 0.3) is 0 Å². The summed E-state index contributed by atoms with van der Waals surface area (Å²) in [5.41, 5.74) is 7.81. The smallest absolute Gasteiger partial charge is 0.0501 e. The summed E-state index contributed by atoms with van der Waals surface area (Å²) < 4.78 is 0. The van der Waals surface area contributed by atoms with Crippen LogP contribution in [-0.4, -0.2) is 18.8 Å². The summed E-state index contributed by atoms with van der Waals surface area (Å²) in [5, 5.41) is 0.654. The Labute approximate surface area is 108 Å². The molecule has 3 heteroatoms. The molecule has 0 amide bonds. The van der Waals surface area contributed by atoms with Gasteiger partial charge in [-0.15, -0.1) is 11.8 Å². The quantitative estimate of drug-likeness (QED) is 0.890. The predicted octanol–water partition coefficient (Wildman–Crippen LogP) is 3.24.